The van der Waals surface area contributed by atoms with Crippen molar-refractivity contribution < 1.29 is 39.5 Å². The summed E-state index contributed by atoms with van der Waals surface area (Å²) in [6.45, 7) is 0. The summed E-state index contributed by atoms with van der Waals surface area (Å²) in [7, 11) is 1.39. The molecule has 30 heavy (non-hydrogen) atoms. The van der Waals surface area contributed by atoms with Gasteiger partial charge in [-0.15, -0.1) is 11.8 Å². The first kappa shape index (κ1) is 20.3. The lowest BCUT2D eigenvalue weighted by Crippen LogP contribution is -2.63. The van der Waals surface area contributed by atoms with Gasteiger partial charge in [0.1, 0.15) is 28.6 Å². The first-order chi connectivity index (χ1) is 14.0. The molecule has 0 saturated carbocycles. The summed E-state index contributed by atoms with van der Waals surface area (Å²) in [6, 6.07) is 1.34. The molecule has 0 radical (unpaired) electrons. The second-order valence-electron chi connectivity index (χ2n) is 7.28. The van der Waals surface area contributed by atoms with Crippen molar-refractivity contribution in [2.24, 2.45) is 17.4 Å². The highest BCUT2D eigenvalue weighted by atomic mass is 32.2. The molecule has 1 aromatic rings. The Bertz CT molecular complexity index is 1090. The third-order valence-electron chi connectivity index (χ3n) is 5.82. The highest BCUT2D eigenvalue weighted by molar-refractivity contribution is 8.00. The van der Waals surface area contributed by atoms with E-state index in [2.05, 4.69) is 0 Å². The van der Waals surface area contributed by atoms with Gasteiger partial charge < -0.3 is 36.6 Å². The molecular weight excluding hydrogens is 416 g/mol. The summed E-state index contributed by atoms with van der Waals surface area (Å²) in [5, 5.41) is 41.8. The molecule has 0 saturated heterocycles. The molecule has 2 aliphatic carbocycles. The van der Waals surface area contributed by atoms with E-state index in [1.807, 2.05) is 0 Å². The summed E-state index contributed by atoms with van der Waals surface area (Å²) in [6.07, 6.45) is -0.0897. The average molecular weight is 434 g/mol. The topological polar surface area (TPSA) is 193 Å². The van der Waals surface area contributed by atoms with Gasteiger partial charge >= 0.3 is 0 Å². The number of phenols is 1. The van der Waals surface area contributed by atoms with Crippen molar-refractivity contribution in [3.05, 3.63) is 40.4 Å². The van der Waals surface area contributed by atoms with Crippen molar-refractivity contribution in [1.82, 2.24) is 0 Å². The number of benzene rings is 1. The van der Waals surface area contributed by atoms with E-state index in [0.717, 1.165) is 11.8 Å². The van der Waals surface area contributed by atoms with Crippen LogP contribution in [0.2, 0.25) is 0 Å². The fourth-order valence-corrected chi connectivity index (χ4v) is 5.83. The molecule has 1 heterocycles. The lowest BCUT2D eigenvalue weighted by molar-refractivity contribution is -0.144. The van der Waals surface area contributed by atoms with E-state index < -0.39 is 57.4 Å². The SMILES string of the molecule is COc1ccc(O)c2c1SC1CC3C(N)C(O)=C(C(N)=O)C(=O)C3(O)C(O)=C1C2=O. The molecule has 0 spiro atoms. The number of carbonyl (C=O) groups excluding carboxylic acids is 3. The number of primary amides is 1. The van der Waals surface area contributed by atoms with E-state index in [4.69, 9.17) is 16.2 Å². The second-order valence-corrected chi connectivity index (χ2v) is 8.49. The fourth-order valence-electron chi connectivity index (χ4n) is 4.33. The van der Waals surface area contributed by atoms with Gasteiger partial charge in [0.2, 0.25) is 5.78 Å². The third kappa shape index (κ3) is 2.36. The number of aromatic hydroxyl groups is 1. The Balaban J connectivity index is 1.95. The number of carbonyl (C=O) groups is 3. The number of aliphatic hydroxyl groups is 3. The number of ether oxygens (including phenoxy) is 1. The minimum atomic E-state index is -2.72. The molecule has 10 nitrogen and oxygen atoms in total. The standard InChI is InChI=1S/C19H18N2O8S/c1-29-7-3-2-6(22)9-13(23)10-8(30-15(7)9)4-5-12(20)14(24)11(18(21)27)17(26)19(5,28)16(10)25/h2-3,5,8,12,22,24-25,28H,4,20H2,1H3,(H2,21,27). The predicted molar refractivity (Wildman–Crippen MR) is 103 cm³/mol. The number of fused-ring (bicyclic) bond motifs is 3. The van der Waals surface area contributed by atoms with Crippen LogP contribution in [0, 0.1) is 5.92 Å². The molecule has 158 valence electrons. The fraction of sp³-hybridized carbons (Fsp3) is 0.316. The minimum Gasteiger partial charge on any atom is -0.510 e. The first-order valence-corrected chi connectivity index (χ1v) is 9.74. The van der Waals surface area contributed by atoms with Gasteiger partial charge in [-0.3, -0.25) is 14.4 Å². The van der Waals surface area contributed by atoms with Crippen molar-refractivity contribution in [2.45, 2.75) is 28.2 Å². The number of hydrogen-bond donors (Lipinski definition) is 6. The smallest absolute Gasteiger partial charge is 0.255 e. The van der Waals surface area contributed by atoms with Crippen LogP contribution < -0.4 is 16.2 Å². The van der Waals surface area contributed by atoms with E-state index in [9.17, 15) is 34.8 Å². The number of rotatable bonds is 2. The molecule has 4 unspecified atom stereocenters. The Morgan fingerprint density at radius 3 is 2.53 bits per heavy atom. The number of hydrogen-bond acceptors (Lipinski definition) is 10. The maximum absolute atomic E-state index is 13.2. The second kappa shape index (κ2) is 6.49. The molecule has 1 aromatic carbocycles. The zero-order valence-corrected chi connectivity index (χ0v) is 16.4. The molecule has 0 fully saturated rings. The highest BCUT2D eigenvalue weighted by Crippen LogP contribution is 2.55. The summed E-state index contributed by atoms with van der Waals surface area (Å²) in [5.74, 6) is -6.47. The van der Waals surface area contributed by atoms with Crippen molar-refractivity contribution in [1.29, 1.82) is 0 Å². The van der Waals surface area contributed by atoms with Crippen LogP contribution in [0.4, 0.5) is 0 Å². The summed E-state index contributed by atoms with van der Waals surface area (Å²) in [4.78, 5) is 38.1. The number of phenolic OH excluding ortho intramolecular Hbond substituents is 1. The maximum atomic E-state index is 13.2. The van der Waals surface area contributed by atoms with E-state index in [0.29, 0.717) is 10.6 Å². The van der Waals surface area contributed by atoms with Gasteiger partial charge in [0.05, 0.1) is 29.2 Å². The van der Waals surface area contributed by atoms with Crippen LogP contribution in [0.1, 0.15) is 16.8 Å². The molecule has 0 aromatic heterocycles. The third-order valence-corrected chi connectivity index (χ3v) is 7.17. The van der Waals surface area contributed by atoms with Gasteiger partial charge in [-0.25, -0.2) is 0 Å². The van der Waals surface area contributed by atoms with Gasteiger partial charge in [-0.1, -0.05) is 0 Å². The van der Waals surface area contributed by atoms with E-state index in [-0.39, 0.29) is 23.3 Å². The Morgan fingerprint density at radius 1 is 1.27 bits per heavy atom. The van der Waals surface area contributed by atoms with Gasteiger partial charge in [-0.2, -0.15) is 0 Å². The Labute approximate surface area is 173 Å². The number of Topliss-reactive ketones (excluding diaryl/α,β-unsaturated/α-hetero) is 2. The molecule has 1 aliphatic heterocycles. The van der Waals surface area contributed by atoms with Crippen LogP contribution in [0.5, 0.6) is 11.5 Å². The molecule has 8 N–H and O–H groups in total. The monoisotopic (exact) mass is 434 g/mol. The van der Waals surface area contributed by atoms with E-state index >= 15 is 0 Å². The van der Waals surface area contributed by atoms with Crippen molar-refractivity contribution in [3.63, 3.8) is 0 Å². The Morgan fingerprint density at radius 2 is 1.93 bits per heavy atom. The predicted octanol–water partition coefficient (Wildman–Crippen LogP) is -0.172. The first-order valence-electron chi connectivity index (χ1n) is 8.86. The zero-order chi connectivity index (χ0) is 22.1. The van der Waals surface area contributed by atoms with Crippen LogP contribution in [0.25, 0.3) is 0 Å². The molecule has 0 bridgehead atoms. The number of aliphatic hydroxyl groups excluding tert-OH is 2. The van der Waals surface area contributed by atoms with Crippen LogP contribution in [-0.2, 0) is 9.59 Å². The lowest BCUT2D eigenvalue weighted by Gasteiger charge is -2.47. The molecular formula is C19H18N2O8S. The van der Waals surface area contributed by atoms with E-state index in [1.165, 1.54) is 19.2 Å². The summed E-state index contributed by atoms with van der Waals surface area (Å²) in [5.41, 5.74) is 7.06. The molecule has 11 heteroatoms. The van der Waals surface area contributed by atoms with Crippen LogP contribution in [-0.4, -0.2) is 61.9 Å². The lowest BCUT2D eigenvalue weighted by atomic mass is 9.63. The number of thioether (sulfide) groups is 1. The van der Waals surface area contributed by atoms with Crippen LogP contribution in [0.15, 0.2) is 39.7 Å². The maximum Gasteiger partial charge on any atom is 0.255 e. The highest BCUT2D eigenvalue weighted by Gasteiger charge is 2.62. The molecule has 3 aliphatic rings. The van der Waals surface area contributed by atoms with E-state index in [1.54, 1.807) is 0 Å². The Hall–Kier alpha value is -3.02. The number of amides is 1. The average Bonchev–Trinajstić information content (AvgIpc) is 2.68. The van der Waals surface area contributed by atoms with Crippen molar-refractivity contribution >= 4 is 29.2 Å². The zero-order valence-electron chi connectivity index (χ0n) is 15.6. The molecule has 4 atom stereocenters. The number of methoxy groups -OCH3 is 1. The van der Waals surface area contributed by atoms with Gasteiger partial charge in [0.15, 0.2) is 11.4 Å². The largest absolute Gasteiger partial charge is 0.510 e. The minimum absolute atomic E-state index is 0.0897. The normalized spacial score (nSPS) is 30.6. The van der Waals surface area contributed by atoms with Gasteiger partial charge in [0, 0.05) is 11.2 Å². The Kier molecular flexibility index (Phi) is 4.38. The van der Waals surface area contributed by atoms with Crippen molar-refractivity contribution in [2.75, 3.05) is 7.11 Å². The summed E-state index contributed by atoms with van der Waals surface area (Å²) < 4.78 is 5.25. The number of ketones is 2. The molecule has 1 amide bonds. The van der Waals surface area contributed by atoms with Crippen LogP contribution in [0.3, 0.4) is 0 Å². The van der Waals surface area contributed by atoms with Crippen molar-refractivity contribution in [3.8, 4) is 11.5 Å². The van der Waals surface area contributed by atoms with Gasteiger partial charge in [0.25, 0.3) is 5.91 Å². The number of nitrogens with two attached hydrogens (primary N) is 2. The quantitative estimate of drug-likeness (QED) is 0.340. The van der Waals surface area contributed by atoms with Gasteiger partial charge in [-0.05, 0) is 18.6 Å². The molecule has 4 rings (SSSR count). The summed E-state index contributed by atoms with van der Waals surface area (Å²) >= 11 is 1.09. The van der Waals surface area contributed by atoms with Crippen LogP contribution >= 0.6 is 11.8 Å².